The molecule has 0 radical (unpaired) electrons. The molecule has 1 aliphatic carbocycles. The zero-order chi connectivity index (χ0) is 33.2. The van der Waals surface area contributed by atoms with E-state index in [0.717, 1.165) is 18.5 Å². The lowest BCUT2D eigenvalue weighted by atomic mass is 10.00. The summed E-state index contributed by atoms with van der Waals surface area (Å²) in [7, 11) is -2.78. The van der Waals surface area contributed by atoms with Gasteiger partial charge in [-0.1, -0.05) is 18.2 Å². The number of amides is 1. The second kappa shape index (κ2) is 12.9. The molecule has 6 rings (SSSR count). The number of hydrogen-bond donors (Lipinski definition) is 3. The molecule has 0 aliphatic heterocycles. The van der Waals surface area contributed by atoms with Crippen LogP contribution in [0.5, 0.6) is 0 Å². The first-order valence-electron chi connectivity index (χ1n) is 14.6. The Kier molecular flexibility index (Phi) is 8.73. The van der Waals surface area contributed by atoms with Gasteiger partial charge < -0.3 is 20.5 Å². The molecule has 47 heavy (non-hydrogen) atoms. The summed E-state index contributed by atoms with van der Waals surface area (Å²) < 4.78 is 49.4. The first-order chi connectivity index (χ1) is 22.6. The standard InChI is InChI=1S/C33H30FN5O7S/c1-45-32(42)29-27-18-25(22-5-4-6-23(17-22)31(41)37-33(12-13-33)28-7-2-3-14-35-28)26(36-20-46-47(43,44)16-15-40)19-39(27)38-30(29)21-8-10-24(34)11-9-21/h2-11,14,17-19,36,40H,12-13,15-16,20H2,1H3,(H,37,41). The molecule has 1 aliphatic rings. The van der Waals surface area contributed by atoms with Crippen LogP contribution in [0.25, 0.3) is 27.9 Å². The highest BCUT2D eigenvalue weighted by Crippen LogP contribution is 2.44. The average Bonchev–Trinajstić information content (AvgIpc) is 3.76. The van der Waals surface area contributed by atoms with Crippen molar-refractivity contribution in [3.8, 4) is 22.4 Å². The number of fused-ring (bicyclic) bond motifs is 1. The summed E-state index contributed by atoms with van der Waals surface area (Å²) in [5, 5.41) is 19.7. The third-order valence-electron chi connectivity index (χ3n) is 7.81. The molecule has 12 nitrogen and oxygen atoms in total. The lowest BCUT2D eigenvalue weighted by Crippen LogP contribution is -2.35. The number of nitrogens with one attached hydrogen (secondary N) is 2. The molecule has 1 saturated carbocycles. The van der Waals surface area contributed by atoms with Crippen molar-refractivity contribution >= 4 is 33.2 Å². The summed E-state index contributed by atoms with van der Waals surface area (Å²) in [6.45, 7) is -1.09. The topological polar surface area (TPSA) is 161 Å². The lowest BCUT2D eigenvalue weighted by Gasteiger charge is -2.18. The van der Waals surface area contributed by atoms with Crippen LogP contribution in [0, 0.1) is 5.82 Å². The van der Waals surface area contributed by atoms with Gasteiger partial charge in [0.1, 0.15) is 23.8 Å². The van der Waals surface area contributed by atoms with Gasteiger partial charge in [-0.3, -0.25) is 9.78 Å². The molecule has 0 atom stereocenters. The number of anilines is 1. The van der Waals surface area contributed by atoms with E-state index in [-0.39, 0.29) is 17.2 Å². The lowest BCUT2D eigenvalue weighted by molar-refractivity contribution is 0.0603. The van der Waals surface area contributed by atoms with E-state index in [1.165, 1.54) is 35.9 Å². The van der Waals surface area contributed by atoms with Gasteiger partial charge in [-0.2, -0.15) is 13.5 Å². The van der Waals surface area contributed by atoms with Crippen LogP contribution in [0.2, 0.25) is 0 Å². The fourth-order valence-electron chi connectivity index (χ4n) is 5.28. The average molecular weight is 660 g/mol. The normalized spacial score (nSPS) is 13.7. The maximum absolute atomic E-state index is 13.7. The highest BCUT2D eigenvalue weighted by atomic mass is 32.2. The van der Waals surface area contributed by atoms with Gasteiger partial charge in [0.25, 0.3) is 16.0 Å². The van der Waals surface area contributed by atoms with Gasteiger partial charge in [-0.15, -0.1) is 0 Å². The van der Waals surface area contributed by atoms with Crippen molar-refractivity contribution in [2.45, 2.75) is 18.4 Å². The van der Waals surface area contributed by atoms with E-state index in [4.69, 9.17) is 14.0 Å². The van der Waals surface area contributed by atoms with Gasteiger partial charge in [0.2, 0.25) is 0 Å². The summed E-state index contributed by atoms with van der Waals surface area (Å²) in [5.74, 6) is -2.02. The van der Waals surface area contributed by atoms with E-state index in [2.05, 4.69) is 20.7 Å². The van der Waals surface area contributed by atoms with Crippen LogP contribution in [-0.2, 0) is 24.6 Å². The number of pyridine rings is 2. The van der Waals surface area contributed by atoms with Gasteiger partial charge in [-0.05, 0) is 73.0 Å². The van der Waals surface area contributed by atoms with Gasteiger partial charge in [-0.25, -0.2) is 17.9 Å². The van der Waals surface area contributed by atoms with E-state index in [0.29, 0.717) is 33.5 Å². The zero-order valence-electron chi connectivity index (χ0n) is 25.1. The van der Waals surface area contributed by atoms with Crippen molar-refractivity contribution < 1.29 is 36.4 Å². The molecule has 1 amide bonds. The first kappa shape index (κ1) is 31.8. The van der Waals surface area contributed by atoms with Crippen LogP contribution in [0.4, 0.5) is 10.1 Å². The number of carbonyl (C=O) groups is 2. The number of rotatable bonds is 12. The smallest absolute Gasteiger partial charge is 0.342 e. The number of esters is 1. The number of halogens is 1. The van der Waals surface area contributed by atoms with Gasteiger partial charge >= 0.3 is 5.97 Å². The third kappa shape index (κ3) is 6.70. The number of methoxy groups -OCH3 is 1. The Morgan fingerprint density at radius 1 is 1.04 bits per heavy atom. The number of aromatic nitrogens is 3. The molecule has 0 unspecified atom stereocenters. The number of hydrogen-bond acceptors (Lipinski definition) is 10. The fourth-order valence-corrected chi connectivity index (χ4v) is 5.86. The number of aliphatic hydroxyl groups is 1. The Bertz CT molecular complexity index is 2060. The molecule has 3 heterocycles. The monoisotopic (exact) mass is 659 g/mol. The van der Waals surface area contributed by atoms with Gasteiger partial charge in [0.05, 0.1) is 48.1 Å². The van der Waals surface area contributed by atoms with E-state index >= 15 is 0 Å². The summed E-state index contributed by atoms with van der Waals surface area (Å²) in [6.07, 6.45) is 4.74. The van der Waals surface area contributed by atoms with Crippen molar-refractivity contribution in [3.05, 3.63) is 108 Å². The van der Waals surface area contributed by atoms with Gasteiger partial charge in [0.15, 0.2) is 0 Å². The summed E-state index contributed by atoms with van der Waals surface area (Å²) in [4.78, 5) is 31.0. The van der Waals surface area contributed by atoms with E-state index in [1.807, 2.05) is 18.2 Å². The molecule has 1 fully saturated rings. The molecule has 5 aromatic rings. The van der Waals surface area contributed by atoms with Crippen LogP contribution in [0.15, 0.2) is 85.2 Å². The zero-order valence-corrected chi connectivity index (χ0v) is 26.0. The van der Waals surface area contributed by atoms with Gasteiger partial charge in [0, 0.05) is 22.9 Å². The van der Waals surface area contributed by atoms with E-state index < -0.39 is 46.5 Å². The number of nitrogens with zero attached hydrogens (tertiary/aromatic N) is 3. The molecular formula is C33H30FN5O7S. The Labute approximate surface area is 269 Å². The Hall–Kier alpha value is -5.18. The van der Waals surface area contributed by atoms with Crippen LogP contribution in [-0.4, -0.2) is 66.2 Å². The largest absolute Gasteiger partial charge is 0.465 e. The quantitative estimate of drug-likeness (QED) is 0.101. The molecule has 3 aromatic heterocycles. The predicted octanol–water partition coefficient (Wildman–Crippen LogP) is 4.12. The summed E-state index contributed by atoms with van der Waals surface area (Å²) in [6, 6.07) is 19.5. The maximum Gasteiger partial charge on any atom is 0.342 e. The van der Waals surface area contributed by atoms with Crippen LogP contribution < -0.4 is 10.6 Å². The predicted molar refractivity (Wildman–Crippen MR) is 170 cm³/mol. The second-order valence-corrected chi connectivity index (χ2v) is 12.7. The van der Waals surface area contributed by atoms with Crippen molar-refractivity contribution in [2.24, 2.45) is 0 Å². The van der Waals surface area contributed by atoms with Crippen molar-refractivity contribution in [1.29, 1.82) is 0 Å². The van der Waals surface area contributed by atoms with Crippen molar-refractivity contribution in [2.75, 3.05) is 31.5 Å². The molecular weight excluding hydrogens is 629 g/mol. The SMILES string of the molecule is COC(=O)c1c(-c2ccc(F)cc2)nn2cc(NCOS(=O)(=O)CCO)c(-c3cccc(C(=O)NC4(c5ccccn5)CC4)c3)cc12. The number of benzene rings is 2. The minimum atomic E-state index is -4.02. The highest BCUT2D eigenvalue weighted by Gasteiger charge is 2.47. The van der Waals surface area contributed by atoms with Crippen LogP contribution in [0.3, 0.4) is 0 Å². The van der Waals surface area contributed by atoms with Crippen LogP contribution >= 0.6 is 0 Å². The maximum atomic E-state index is 13.7. The number of ether oxygens (including phenoxy) is 1. The van der Waals surface area contributed by atoms with Crippen molar-refractivity contribution in [1.82, 2.24) is 19.9 Å². The van der Waals surface area contributed by atoms with E-state index in [9.17, 15) is 22.4 Å². The molecule has 0 spiro atoms. The molecule has 0 saturated heterocycles. The molecule has 3 N–H and O–H groups in total. The van der Waals surface area contributed by atoms with E-state index in [1.54, 1.807) is 42.7 Å². The Balaban J connectivity index is 1.43. The summed E-state index contributed by atoms with van der Waals surface area (Å²) in [5.41, 5.74) is 3.16. The third-order valence-corrected chi connectivity index (χ3v) is 8.97. The number of carbonyl (C=O) groups excluding carboxylic acids is 2. The first-order valence-corrected chi connectivity index (χ1v) is 16.2. The highest BCUT2D eigenvalue weighted by molar-refractivity contribution is 7.86. The van der Waals surface area contributed by atoms with Crippen LogP contribution in [0.1, 0.15) is 39.3 Å². The fraction of sp³-hybridized carbons (Fsp3) is 0.212. The number of aliphatic hydroxyl groups excluding tert-OH is 1. The van der Waals surface area contributed by atoms with Crippen molar-refractivity contribution in [3.63, 3.8) is 0 Å². The molecule has 14 heteroatoms. The Morgan fingerprint density at radius 2 is 1.83 bits per heavy atom. The molecule has 2 aromatic carbocycles. The second-order valence-electron chi connectivity index (χ2n) is 10.9. The minimum absolute atomic E-state index is 0.119. The minimum Gasteiger partial charge on any atom is -0.465 e. The molecule has 242 valence electrons. The molecule has 0 bridgehead atoms. The summed E-state index contributed by atoms with van der Waals surface area (Å²) >= 11 is 0. The Morgan fingerprint density at radius 3 is 2.51 bits per heavy atom.